The fourth-order valence-electron chi connectivity index (χ4n) is 1.80. The van der Waals surface area contributed by atoms with Crippen LogP contribution in [0.15, 0.2) is 18.2 Å². The SMILES string of the molecule is COc1ccc(CCNC(=O)C2CNC2)c(Cl)c1. The van der Waals surface area contributed by atoms with Crippen LogP contribution < -0.4 is 15.4 Å². The topological polar surface area (TPSA) is 50.4 Å². The van der Waals surface area contributed by atoms with Gasteiger partial charge in [-0.3, -0.25) is 4.79 Å². The number of hydrogen-bond donors (Lipinski definition) is 2. The minimum Gasteiger partial charge on any atom is -0.497 e. The van der Waals surface area contributed by atoms with E-state index < -0.39 is 0 Å². The molecule has 18 heavy (non-hydrogen) atoms. The predicted octanol–water partition coefficient (Wildman–Crippen LogP) is 1.23. The van der Waals surface area contributed by atoms with E-state index in [1.165, 1.54) is 0 Å². The Morgan fingerprint density at radius 3 is 2.89 bits per heavy atom. The monoisotopic (exact) mass is 268 g/mol. The van der Waals surface area contributed by atoms with Crippen LogP contribution in [0.3, 0.4) is 0 Å². The molecule has 0 aliphatic carbocycles. The highest BCUT2D eigenvalue weighted by Gasteiger charge is 2.24. The molecule has 1 aliphatic heterocycles. The second-order valence-corrected chi connectivity index (χ2v) is 4.76. The summed E-state index contributed by atoms with van der Waals surface area (Å²) in [6.07, 6.45) is 0.731. The molecule has 1 aromatic carbocycles. The molecule has 0 unspecified atom stereocenters. The standard InChI is InChI=1S/C13H17ClN2O2/c1-18-11-3-2-9(12(14)6-11)4-5-16-13(17)10-7-15-8-10/h2-3,6,10,15H,4-5,7-8H2,1H3,(H,16,17). The van der Waals surface area contributed by atoms with Crippen LogP contribution in [-0.2, 0) is 11.2 Å². The number of nitrogens with one attached hydrogen (secondary N) is 2. The second kappa shape index (κ2) is 6.07. The summed E-state index contributed by atoms with van der Waals surface area (Å²) in [5.41, 5.74) is 1.02. The molecule has 0 spiro atoms. The lowest BCUT2D eigenvalue weighted by molar-refractivity contribution is -0.126. The third-order valence-electron chi connectivity index (χ3n) is 3.11. The van der Waals surface area contributed by atoms with Crippen molar-refractivity contribution in [1.29, 1.82) is 0 Å². The smallest absolute Gasteiger partial charge is 0.225 e. The van der Waals surface area contributed by atoms with Crippen molar-refractivity contribution in [3.8, 4) is 5.75 Å². The van der Waals surface area contributed by atoms with Crippen molar-refractivity contribution in [2.45, 2.75) is 6.42 Å². The maximum Gasteiger partial charge on any atom is 0.225 e. The molecule has 0 saturated carbocycles. The first-order chi connectivity index (χ1) is 8.70. The van der Waals surface area contributed by atoms with Gasteiger partial charge in [0, 0.05) is 24.7 Å². The van der Waals surface area contributed by atoms with Crippen molar-refractivity contribution in [2.24, 2.45) is 5.92 Å². The molecule has 2 rings (SSSR count). The van der Waals surface area contributed by atoms with E-state index in [1.807, 2.05) is 12.1 Å². The van der Waals surface area contributed by atoms with Gasteiger partial charge >= 0.3 is 0 Å². The van der Waals surface area contributed by atoms with Gasteiger partial charge in [0.1, 0.15) is 5.75 Å². The summed E-state index contributed by atoms with van der Waals surface area (Å²) in [4.78, 5) is 11.6. The Morgan fingerprint density at radius 2 is 2.33 bits per heavy atom. The van der Waals surface area contributed by atoms with Gasteiger partial charge in [-0.1, -0.05) is 17.7 Å². The molecule has 4 nitrogen and oxygen atoms in total. The average Bonchev–Trinajstić information content (AvgIpc) is 2.29. The summed E-state index contributed by atoms with van der Waals surface area (Å²) in [5, 5.41) is 6.67. The van der Waals surface area contributed by atoms with Crippen LogP contribution in [0, 0.1) is 5.92 Å². The largest absolute Gasteiger partial charge is 0.497 e. The lowest BCUT2D eigenvalue weighted by Crippen LogP contribution is -2.51. The van der Waals surface area contributed by atoms with Gasteiger partial charge in [-0.15, -0.1) is 0 Å². The summed E-state index contributed by atoms with van der Waals surface area (Å²) in [7, 11) is 1.61. The molecular formula is C13H17ClN2O2. The predicted molar refractivity (Wildman–Crippen MR) is 71.1 cm³/mol. The summed E-state index contributed by atoms with van der Waals surface area (Å²) in [6, 6.07) is 5.59. The molecule has 0 aromatic heterocycles. The van der Waals surface area contributed by atoms with E-state index in [9.17, 15) is 4.79 Å². The Kier molecular flexibility index (Phi) is 4.44. The van der Waals surface area contributed by atoms with Gasteiger partial charge in [-0.2, -0.15) is 0 Å². The molecule has 2 N–H and O–H groups in total. The van der Waals surface area contributed by atoms with Gasteiger partial charge in [0.25, 0.3) is 0 Å². The number of rotatable bonds is 5. The van der Waals surface area contributed by atoms with Crippen LogP contribution in [0.25, 0.3) is 0 Å². The van der Waals surface area contributed by atoms with E-state index in [4.69, 9.17) is 16.3 Å². The molecule has 1 aliphatic rings. The molecule has 1 fully saturated rings. The molecule has 1 amide bonds. The van der Waals surface area contributed by atoms with Gasteiger partial charge in [0.05, 0.1) is 13.0 Å². The van der Waals surface area contributed by atoms with E-state index in [1.54, 1.807) is 13.2 Å². The minimum atomic E-state index is 0.124. The van der Waals surface area contributed by atoms with Crippen LogP contribution in [0.5, 0.6) is 5.75 Å². The molecule has 1 aromatic rings. The van der Waals surface area contributed by atoms with E-state index in [0.717, 1.165) is 30.8 Å². The average molecular weight is 269 g/mol. The van der Waals surface area contributed by atoms with E-state index in [0.29, 0.717) is 11.6 Å². The Hall–Kier alpha value is -1.26. The summed E-state index contributed by atoms with van der Waals surface area (Å²) >= 11 is 6.12. The number of carbonyl (C=O) groups is 1. The molecule has 0 radical (unpaired) electrons. The first-order valence-electron chi connectivity index (χ1n) is 6.01. The number of hydrogen-bond acceptors (Lipinski definition) is 3. The van der Waals surface area contributed by atoms with Crippen molar-refractivity contribution in [3.05, 3.63) is 28.8 Å². The number of halogens is 1. The van der Waals surface area contributed by atoms with E-state index in [2.05, 4.69) is 10.6 Å². The number of benzene rings is 1. The first-order valence-corrected chi connectivity index (χ1v) is 6.39. The van der Waals surface area contributed by atoms with Crippen LogP contribution in [0.2, 0.25) is 5.02 Å². The fourth-order valence-corrected chi connectivity index (χ4v) is 2.06. The van der Waals surface area contributed by atoms with Crippen LogP contribution in [-0.4, -0.2) is 32.7 Å². The van der Waals surface area contributed by atoms with E-state index >= 15 is 0 Å². The third-order valence-corrected chi connectivity index (χ3v) is 3.46. The van der Waals surface area contributed by atoms with Gasteiger partial charge in [0.15, 0.2) is 0 Å². The lowest BCUT2D eigenvalue weighted by atomic mass is 10.0. The molecule has 0 atom stereocenters. The van der Waals surface area contributed by atoms with Crippen LogP contribution in [0.4, 0.5) is 0 Å². The summed E-state index contributed by atoms with van der Waals surface area (Å²) < 4.78 is 5.09. The minimum absolute atomic E-state index is 0.124. The number of ether oxygens (including phenoxy) is 1. The molecule has 5 heteroatoms. The Bertz CT molecular complexity index is 433. The van der Waals surface area contributed by atoms with E-state index in [-0.39, 0.29) is 11.8 Å². The molecule has 1 saturated heterocycles. The highest BCUT2D eigenvalue weighted by Crippen LogP contribution is 2.22. The number of methoxy groups -OCH3 is 1. The van der Waals surface area contributed by atoms with Gasteiger partial charge in [0.2, 0.25) is 5.91 Å². The Labute approximate surface area is 112 Å². The highest BCUT2D eigenvalue weighted by atomic mass is 35.5. The van der Waals surface area contributed by atoms with Crippen molar-refractivity contribution in [1.82, 2.24) is 10.6 Å². The zero-order chi connectivity index (χ0) is 13.0. The maximum atomic E-state index is 11.6. The van der Waals surface area contributed by atoms with Crippen molar-refractivity contribution in [3.63, 3.8) is 0 Å². The van der Waals surface area contributed by atoms with Crippen molar-refractivity contribution < 1.29 is 9.53 Å². The van der Waals surface area contributed by atoms with Gasteiger partial charge < -0.3 is 15.4 Å². The first kappa shape index (κ1) is 13.2. The molecular weight excluding hydrogens is 252 g/mol. The number of carbonyl (C=O) groups excluding carboxylic acids is 1. The molecule has 0 bridgehead atoms. The lowest BCUT2D eigenvalue weighted by Gasteiger charge is -2.25. The summed E-state index contributed by atoms with van der Waals surface area (Å²) in [6.45, 7) is 2.19. The van der Waals surface area contributed by atoms with Gasteiger partial charge in [-0.05, 0) is 24.1 Å². The number of amides is 1. The Balaban J connectivity index is 1.80. The van der Waals surface area contributed by atoms with Gasteiger partial charge in [-0.25, -0.2) is 0 Å². The molecule has 98 valence electrons. The highest BCUT2D eigenvalue weighted by molar-refractivity contribution is 6.31. The zero-order valence-corrected chi connectivity index (χ0v) is 11.1. The van der Waals surface area contributed by atoms with Crippen molar-refractivity contribution >= 4 is 17.5 Å². The normalized spacial score (nSPS) is 15.0. The summed E-state index contributed by atoms with van der Waals surface area (Å²) in [5.74, 6) is 1.00. The Morgan fingerprint density at radius 1 is 1.56 bits per heavy atom. The fraction of sp³-hybridized carbons (Fsp3) is 0.462. The zero-order valence-electron chi connectivity index (χ0n) is 10.3. The van der Waals surface area contributed by atoms with Crippen molar-refractivity contribution in [2.75, 3.05) is 26.7 Å². The van der Waals surface area contributed by atoms with Crippen LogP contribution in [0.1, 0.15) is 5.56 Å². The maximum absolute atomic E-state index is 11.6. The third kappa shape index (κ3) is 3.15. The second-order valence-electron chi connectivity index (χ2n) is 4.35. The molecule has 1 heterocycles. The quantitative estimate of drug-likeness (QED) is 0.845. The van der Waals surface area contributed by atoms with Crippen LogP contribution >= 0.6 is 11.6 Å².